The van der Waals surface area contributed by atoms with Crippen molar-refractivity contribution >= 4 is 23.8 Å². The molecule has 12 heteroatoms. The second-order valence-electron chi connectivity index (χ2n) is 18.6. The number of fused-ring (bicyclic) bond motifs is 1. The van der Waals surface area contributed by atoms with Crippen molar-refractivity contribution in [2.45, 2.75) is 134 Å². The first kappa shape index (κ1) is 44.2. The Kier molecular flexibility index (Phi) is 13.7. The molecule has 4 fully saturated rings. The number of carbonyl (C=O) groups excluding carboxylic acids is 4. The van der Waals surface area contributed by atoms with E-state index in [9.17, 15) is 24.3 Å². The molecule has 8 rings (SSSR count). The van der Waals surface area contributed by atoms with E-state index in [0.717, 1.165) is 64.6 Å². The third kappa shape index (κ3) is 10.9. The van der Waals surface area contributed by atoms with Crippen LogP contribution in [0.15, 0.2) is 103 Å². The fourth-order valence-corrected chi connectivity index (χ4v) is 9.73. The molecule has 0 spiro atoms. The number of aliphatic hydroxyl groups excluding tert-OH is 1. The predicted molar refractivity (Wildman–Crippen MR) is 237 cm³/mol. The maximum absolute atomic E-state index is 13.9. The van der Waals surface area contributed by atoms with Crippen LogP contribution in [0.5, 0.6) is 0 Å². The van der Waals surface area contributed by atoms with E-state index in [4.69, 9.17) is 14.2 Å². The highest BCUT2D eigenvalue weighted by molar-refractivity contribution is 6.06. The molecule has 0 aromatic heterocycles. The summed E-state index contributed by atoms with van der Waals surface area (Å²) in [4.78, 5) is 56.3. The van der Waals surface area contributed by atoms with E-state index < -0.39 is 24.3 Å². The number of benzene rings is 4. The molecule has 4 aliphatic rings. The third-order valence-electron chi connectivity index (χ3n) is 12.9. The molecule has 1 saturated carbocycles. The summed E-state index contributed by atoms with van der Waals surface area (Å²) in [6, 6.07) is 32.0. The number of aliphatic hydroxyl groups is 1. The van der Waals surface area contributed by atoms with E-state index in [2.05, 4.69) is 15.5 Å². The van der Waals surface area contributed by atoms with Crippen LogP contribution in [0.4, 0.5) is 4.79 Å². The van der Waals surface area contributed by atoms with Gasteiger partial charge in [-0.3, -0.25) is 24.2 Å². The Hall–Kier alpha value is -5.40. The molecule has 1 unspecified atom stereocenters. The maximum Gasteiger partial charge on any atom is 0.408 e. The number of nitrogens with one attached hydrogen (secondary N) is 2. The van der Waals surface area contributed by atoms with Crippen molar-refractivity contribution in [2.75, 3.05) is 6.54 Å². The monoisotopic (exact) mass is 856 g/mol. The lowest BCUT2D eigenvalue weighted by atomic mass is 9.75. The number of piperidine rings is 1. The molecule has 3 saturated heterocycles. The SMILES string of the molecule is CC(C)(C)NC(=O)[C@H]1CC[C@H]2CCCC[C@H]2N1C[C@H]1C[C@@H](c2ccc(CO)cc2)O[C@@H](c2ccc(-c3cccc(CN4C(=O)CC(NC(=O)OCc5ccccc5)C4=O)c3)cc2)O1. The molecule has 7 atom stereocenters. The molecule has 4 aromatic rings. The normalized spacial score (nSPS) is 25.3. The number of amides is 4. The zero-order valence-corrected chi connectivity index (χ0v) is 36.5. The highest BCUT2D eigenvalue weighted by atomic mass is 16.7. The summed E-state index contributed by atoms with van der Waals surface area (Å²) < 4.78 is 18.9. The smallest absolute Gasteiger partial charge is 0.408 e. The average Bonchev–Trinajstić information content (AvgIpc) is 3.55. The van der Waals surface area contributed by atoms with E-state index in [1.807, 2.05) is 124 Å². The summed E-state index contributed by atoms with van der Waals surface area (Å²) in [7, 11) is 0. The molecule has 0 radical (unpaired) electrons. The van der Waals surface area contributed by atoms with Gasteiger partial charge >= 0.3 is 6.09 Å². The van der Waals surface area contributed by atoms with Gasteiger partial charge in [0.15, 0.2) is 6.29 Å². The lowest BCUT2D eigenvalue weighted by Gasteiger charge is -2.50. The molecule has 3 aliphatic heterocycles. The van der Waals surface area contributed by atoms with Gasteiger partial charge in [-0.05, 0) is 91.8 Å². The third-order valence-corrected chi connectivity index (χ3v) is 12.9. The van der Waals surface area contributed by atoms with Crippen molar-refractivity contribution in [2.24, 2.45) is 5.92 Å². The van der Waals surface area contributed by atoms with Crippen LogP contribution in [0.25, 0.3) is 11.1 Å². The minimum absolute atomic E-state index is 0.0364. The molecule has 332 valence electrons. The quantitative estimate of drug-likeness (QED) is 0.121. The van der Waals surface area contributed by atoms with Gasteiger partial charge in [-0.25, -0.2) is 4.79 Å². The van der Waals surface area contributed by atoms with E-state index in [1.54, 1.807) is 0 Å². The Morgan fingerprint density at radius 2 is 1.52 bits per heavy atom. The Morgan fingerprint density at radius 3 is 2.27 bits per heavy atom. The summed E-state index contributed by atoms with van der Waals surface area (Å²) in [6.45, 7) is 6.81. The van der Waals surface area contributed by atoms with Crippen LogP contribution in [-0.2, 0) is 48.4 Å². The fourth-order valence-electron chi connectivity index (χ4n) is 9.73. The Bertz CT molecular complexity index is 2230. The minimum atomic E-state index is -0.988. The van der Waals surface area contributed by atoms with Gasteiger partial charge in [0, 0.05) is 30.1 Å². The van der Waals surface area contributed by atoms with E-state index >= 15 is 0 Å². The Labute approximate surface area is 370 Å². The summed E-state index contributed by atoms with van der Waals surface area (Å²) >= 11 is 0. The molecule has 4 amide bonds. The lowest BCUT2D eigenvalue weighted by Crippen LogP contribution is -2.61. The summed E-state index contributed by atoms with van der Waals surface area (Å²) in [5.41, 5.74) is 5.81. The van der Waals surface area contributed by atoms with Gasteiger partial charge in [0.2, 0.25) is 11.8 Å². The lowest BCUT2D eigenvalue weighted by molar-refractivity contribution is -0.255. The van der Waals surface area contributed by atoms with Gasteiger partial charge in [-0.2, -0.15) is 0 Å². The fraction of sp³-hybridized carbons (Fsp3) is 0.451. The number of carbonyl (C=O) groups is 4. The van der Waals surface area contributed by atoms with Gasteiger partial charge in [-0.15, -0.1) is 0 Å². The molecule has 63 heavy (non-hydrogen) atoms. The zero-order chi connectivity index (χ0) is 44.1. The van der Waals surface area contributed by atoms with E-state index in [0.29, 0.717) is 24.9 Å². The molecular weight excluding hydrogens is 797 g/mol. The topological polar surface area (TPSA) is 147 Å². The van der Waals surface area contributed by atoms with Crippen LogP contribution in [0, 0.1) is 5.92 Å². The van der Waals surface area contributed by atoms with Gasteiger partial charge in [0.1, 0.15) is 12.6 Å². The first-order valence-electron chi connectivity index (χ1n) is 22.5. The van der Waals surface area contributed by atoms with Crippen molar-refractivity contribution < 1.29 is 38.5 Å². The first-order valence-corrected chi connectivity index (χ1v) is 22.5. The van der Waals surface area contributed by atoms with Crippen molar-refractivity contribution in [1.82, 2.24) is 20.4 Å². The van der Waals surface area contributed by atoms with Gasteiger partial charge < -0.3 is 30.0 Å². The molecule has 1 aliphatic carbocycles. The number of alkyl carbamates (subject to hydrolysis) is 1. The largest absolute Gasteiger partial charge is 0.445 e. The number of hydrogen-bond donors (Lipinski definition) is 3. The molecule has 4 aromatic carbocycles. The molecule has 0 bridgehead atoms. The Balaban J connectivity index is 0.963. The molecule has 3 N–H and O–H groups in total. The maximum atomic E-state index is 13.9. The van der Waals surface area contributed by atoms with Gasteiger partial charge in [0.05, 0.1) is 37.8 Å². The van der Waals surface area contributed by atoms with Crippen LogP contribution in [0.2, 0.25) is 0 Å². The molecule has 3 heterocycles. The van der Waals surface area contributed by atoms with E-state index in [-0.39, 0.29) is 61.8 Å². The molecular formula is C51H60N4O8. The van der Waals surface area contributed by atoms with Crippen LogP contribution in [0.3, 0.4) is 0 Å². The Morgan fingerprint density at radius 1 is 0.794 bits per heavy atom. The van der Waals surface area contributed by atoms with E-state index in [1.165, 1.54) is 17.7 Å². The van der Waals surface area contributed by atoms with Crippen molar-refractivity contribution in [3.63, 3.8) is 0 Å². The summed E-state index contributed by atoms with van der Waals surface area (Å²) in [5.74, 6) is -0.170. The highest BCUT2D eigenvalue weighted by Gasteiger charge is 2.44. The number of hydrogen-bond acceptors (Lipinski definition) is 9. The number of ether oxygens (including phenoxy) is 3. The average molecular weight is 857 g/mol. The van der Waals surface area contributed by atoms with Gasteiger partial charge in [0.25, 0.3) is 5.91 Å². The summed E-state index contributed by atoms with van der Waals surface area (Å²) in [5, 5.41) is 15.6. The van der Waals surface area contributed by atoms with Crippen LogP contribution in [0.1, 0.15) is 112 Å². The number of imide groups is 1. The van der Waals surface area contributed by atoms with Crippen LogP contribution < -0.4 is 10.6 Å². The van der Waals surface area contributed by atoms with Crippen LogP contribution >= 0.6 is 0 Å². The highest BCUT2D eigenvalue weighted by Crippen LogP contribution is 2.42. The van der Waals surface area contributed by atoms with Crippen molar-refractivity contribution in [3.8, 4) is 11.1 Å². The second kappa shape index (κ2) is 19.6. The summed E-state index contributed by atoms with van der Waals surface area (Å²) in [6.07, 6.45) is 5.18. The van der Waals surface area contributed by atoms with Crippen molar-refractivity contribution in [1.29, 1.82) is 0 Å². The predicted octanol–water partition coefficient (Wildman–Crippen LogP) is 7.88. The first-order chi connectivity index (χ1) is 30.4. The number of nitrogens with zero attached hydrogens (tertiary/aromatic N) is 2. The number of rotatable bonds is 12. The van der Waals surface area contributed by atoms with Crippen LogP contribution in [-0.4, -0.2) is 75.0 Å². The molecule has 12 nitrogen and oxygen atoms in total. The minimum Gasteiger partial charge on any atom is -0.445 e. The second-order valence-corrected chi connectivity index (χ2v) is 18.6. The standard InChI is InChI=1S/C51H60N4O8/c1-51(2,3)53-47(58)44-25-24-37-13-7-8-15-43(37)54(44)30-41-27-45(38-18-16-33(31-56)17-19-38)63-49(62-41)39-22-20-36(21-23-39)40-14-9-12-35(26-40)29-55-46(57)28-42(48(55)59)52-50(60)61-32-34-10-5-4-6-11-34/h4-6,9-12,14,16-23,26,37,41-45,49,56H,7-8,13,15,24-25,27-32H2,1-3H3,(H,52,60)(H,53,58)/t37-,41-,42?,43-,44-,45+,49+/m1/s1. The van der Waals surface area contributed by atoms with Gasteiger partial charge in [-0.1, -0.05) is 110 Å². The van der Waals surface area contributed by atoms with Crippen molar-refractivity contribution in [3.05, 3.63) is 131 Å². The zero-order valence-electron chi connectivity index (χ0n) is 36.5. The number of likely N-dealkylation sites (tertiary alicyclic amines) is 2.